The van der Waals surface area contributed by atoms with Crippen LogP contribution in [-0.4, -0.2) is 35.2 Å². The lowest BCUT2D eigenvalue weighted by atomic mass is 9.99. The Morgan fingerprint density at radius 3 is 2.71 bits per heavy atom. The zero-order valence-corrected chi connectivity index (χ0v) is 9.18. The molecule has 82 valence electrons. The Labute approximate surface area is 85.1 Å². The Hall–Kier alpha value is -0.610. The van der Waals surface area contributed by atoms with Crippen molar-refractivity contribution in [1.29, 1.82) is 0 Å². The third-order valence-electron chi connectivity index (χ3n) is 2.55. The summed E-state index contributed by atoms with van der Waals surface area (Å²) in [5, 5.41) is 15.4. The van der Waals surface area contributed by atoms with Crippen LogP contribution in [0.2, 0.25) is 0 Å². The minimum absolute atomic E-state index is 0.0166. The fraction of sp³-hybridized carbons (Fsp3) is 0.900. The van der Waals surface area contributed by atoms with E-state index in [1.807, 2.05) is 6.92 Å². The number of carbonyl (C=O) groups excluding carboxylic acids is 1. The molecule has 0 aliphatic carbocycles. The highest BCUT2D eigenvalue weighted by molar-refractivity contribution is 5.86. The number of aliphatic hydroxyl groups is 1. The Morgan fingerprint density at radius 1 is 1.64 bits per heavy atom. The molecule has 1 rings (SSSR count). The molecule has 4 heteroatoms. The fourth-order valence-corrected chi connectivity index (χ4v) is 1.58. The van der Waals surface area contributed by atoms with Crippen LogP contribution in [0.25, 0.3) is 0 Å². The molecule has 1 heterocycles. The topological polar surface area (TPSA) is 61.4 Å². The maximum Gasteiger partial charge on any atom is 0.240 e. The summed E-state index contributed by atoms with van der Waals surface area (Å²) in [5.74, 6) is -0.0166. The van der Waals surface area contributed by atoms with E-state index in [0.717, 1.165) is 19.4 Å². The molecule has 0 radical (unpaired) electrons. The SMILES string of the molecule is CC(C)(O)CNC(=O)C1(C)CCCN1. The Morgan fingerprint density at radius 2 is 2.29 bits per heavy atom. The van der Waals surface area contributed by atoms with E-state index in [9.17, 15) is 9.90 Å². The number of carbonyl (C=O) groups is 1. The van der Waals surface area contributed by atoms with Gasteiger partial charge in [0.2, 0.25) is 5.91 Å². The summed E-state index contributed by atoms with van der Waals surface area (Å²) in [4.78, 5) is 11.7. The summed E-state index contributed by atoms with van der Waals surface area (Å²) in [6.45, 7) is 6.45. The zero-order valence-electron chi connectivity index (χ0n) is 9.18. The van der Waals surface area contributed by atoms with Crippen LogP contribution in [0.5, 0.6) is 0 Å². The molecule has 0 spiro atoms. The van der Waals surface area contributed by atoms with Gasteiger partial charge in [-0.2, -0.15) is 0 Å². The minimum Gasteiger partial charge on any atom is -0.389 e. The van der Waals surface area contributed by atoms with Crippen molar-refractivity contribution in [3.63, 3.8) is 0 Å². The van der Waals surface area contributed by atoms with Gasteiger partial charge in [0.15, 0.2) is 0 Å². The number of amides is 1. The van der Waals surface area contributed by atoms with Gasteiger partial charge in [0.25, 0.3) is 0 Å². The number of hydrogen-bond donors (Lipinski definition) is 3. The standard InChI is InChI=1S/C10H20N2O2/c1-9(2,14)7-11-8(13)10(3)5-4-6-12-10/h12,14H,4-7H2,1-3H3,(H,11,13). The lowest BCUT2D eigenvalue weighted by Crippen LogP contribution is -2.53. The highest BCUT2D eigenvalue weighted by Gasteiger charge is 2.36. The van der Waals surface area contributed by atoms with E-state index in [1.165, 1.54) is 0 Å². The molecule has 0 aromatic heterocycles. The third-order valence-corrected chi connectivity index (χ3v) is 2.55. The highest BCUT2D eigenvalue weighted by Crippen LogP contribution is 2.18. The molecule has 1 amide bonds. The molecule has 1 aliphatic heterocycles. The second-order valence-electron chi connectivity index (χ2n) is 4.86. The molecule has 4 nitrogen and oxygen atoms in total. The molecule has 1 fully saturated rings. The van der Waals surface area contributed by atoms with E-state index in [0.29, 0.717) is 6.54 Å². The quantitative estimate of drug-likeness (QED) is 0.601. The van der Waals surface area contributed by atoms with Gasteiger partial charge >= 0.3 is 0 Å². The van der Waals surface area contributed by atoms with E-state index in [4.69, 9.17) is 0 Å². The third kappa shape index (κ3) is 2.96. The van der Waals surface area contributed by atoms with Crippen molar-refractivity contribution in [3.8, 4) is 0 Å². The number of nitrogens with one attached hydrogen (secondary N) is 2. The lowest BCUT2D eigenvalue weighted by Gasteiger charge is -2.25. The first kappa shape index (κ1) is 11.5. The van der Waals surface area contributed by atoms with Crippen molar-refractivity contribution in [2.75, 3.05) is 13.1 Å². The van der Waals surface area contributed by atoms with Gasteiger partial charge in [-0.3, -0.25) is 4.79 Å². The summed E-state index contributed by atoms with van der Waals surface area (Å²) < 4.78 is 0. The lowest BCUT2D eigenvalue weighted by molar-refractivity contribution is -0.127. The predicted octanol–water partition coefficient (Wildman–Crippen LogP) is 0.0156. The second-order valence-corrected chi connectivity index (χ2v) is 4.86. The number of rotatable bonds is 3. The summed E-state index contributed by atoms with van der Waals surface area (Å²) in [5.41, 5.74) is -1.28. The maximum atomic E-state index is 11.7. The van der Waals surface area contributed by atoms with E-state index in [2.05, 4.69) is 10.6 Å². The van der Waals surface area contributed by atoms with Crippen LogP contribution in [0, 0.1) is 0 Å². The van der Waals surface area contributed by atoms with Crippen LogP contribution in [0.4, 0.5) is 0 Å². The number of hydrogen-bond acceptors (Lipinski definition) is 3. The molecule has 3 N–H and O–H groups in total. The first-order chi connectivity index (χ1) is 6.33. The zero-order chi connectivity index (χ0) is 10.8. The Kier molecular flexibility index (Phi) is 3.17. The van der Waals surface area contributed by atoms with Crippen molar-refractivity contribution < 1.29 is 9.90 Å². The van der Waals surface area contributed by atoms with E-state index in [1.54, 1.807) is 13.8 Å². The normalized spacial score (nSPS) is 27.7. The molecule has 0 saturated carbocycles. The molecule has 0 aromatic rings. The average Bonchev–Trinajstić information content (AvgIpc) is 2.48. The molecule has 0 bridgehead atoms. The average molecular weight is 200 g/mol. The van der Waals surface area contributed by atoms with Crippen LogP contribution < -0.4 is 10.6 Å². The van der Waals surface area contributed by atoms with Gasteiger partial charge in [-0.15, -0.1) is 0 Å². The molecular formula is C10H20N2O2. The van der Waals surface area contributed by atoms with Gasteiger partial charge < -0.3 is 15.7 Å². The van der Waals surface area contributed by atoms with Gasteiger partial charge in [0.05, 0.1) is 11.1 Å². The fourth-order valence-electron chi connectivity index (χ4n) is 1.58. The van der Waals surface area contributed by atoms with Crippen molar-refractivity contribution in [1.82, 2.24) is 10.6 Å². The smallest absolute Gasteiger partial charge is 0.240 e. The van der Waals surface area contributed by atoms with Crippen LogP contribution in [0.3, 0.4) is 0 Å². The Bertz CT molecular complexity index is 215. The molecule has 14 heavy (non-hydrogen) atoms. The minimum atomic E-state index is -0.843. The van der Waals surface area contributed by atoms with Crippen molar-refractivity contribution in [2.45, 2.75) is 44.8 Å². The summed E-state index contributed by atoms with van der Waals surface area (Å²) in [6, 6.07) is 0. The largest absolute Gasteiger partial charge is 0.389 e. The Balaban J connectivity index is 2.42. The van der Waals surface area contributed by atoms with Crippen LogP contribution >= 0.6 is 0 Å². The van der Waals surface area contributed by atoms with Gasteiger partial charge in [0, 0.05) is 6.54 Å². The van der Waals surface area contributed by atoms with Gasteiger partial charge in [-0.05, 0) is 40.2 Å². The summed E-state index contributed by atoms with van der Waals surface area (Å²) >= 11 is 0. The van der Waals surface area contributed by atoms with Crippen LogP contribution in [-0.2, 0) is 4.79 Å². The van der Waals surface area contributed by atoms with Gasteiger partial charge in [0.1, 0.15) is 0 Å². The van der Waals surface area contributed by atoms with Crippen molar-refractivity contribution in [3.05, 3.63) is 0 Å². The van der Waals surface area contributed by atoms with E-state index in [-0.39, 0.29) is 5.91 Å². The molecule has 0 aromatic carbocycles. The monoisotopic (exact) mass is 200 g/mol. The molecular weight excluding hydrogens is 180 g/mol. The maximum absolute atomic E-state index is 11.7. The summed E-state index contributed by atoms with van der Waals surface area (Å²) in [6.07, 6.45) is 1.90. The first-order valence-electron chi connectivity index (χ1n) is 5.09. The first-order valence-corrected chi connectivity index (χ1v) is 5.09. The van der Waals surface area contributed by atoms with Gasteiger partial charge in [-0.1, -0.05) is 0 Å². The molecule has 1 atom stereocenters. The second kappa shape index (κ2) is 3.87. The van der Waals surface area contributed by atoms with E-state index < -0.39 is 11.1 Å². The van der Waals surface area contributed by atoms with Crippen molar-refractivity contribution >= 4 is 5.91 Å². The highest BCUT2D eigenvalue weighted by atomic mass is 16.3. The van der Waals surface area contributed by atoms with Crippen LogP contribution in [0.15, 0.2) is 0 Å². The van der Waals surface area contributed by atoms with Gasteiger partial charge in [-0.25, -0.2) is 0 Å². The van der Waals surface area contributed by atoms with Crippen LogP contribution in [0.1, 0.15) is 33.6 Å². The molecule has 1 saturated heterocycles. The summed E-state index contributed by atoms with van der Waals surface area (Å²) in [7, 11) is 0. The van der Waals surface area contributed by atoms with E-state index >= 15 is 0 Å². The molecule has 1 unspecified atom stereocenters. The predicted molar refractivity (Wildman–Crippen MR) is 54.9 cm³/mol. The van der Waals surface area contributed by atoms with Crippen molar-refractivity contribution in [2.24, 2.45) is 0 Å². The molecule has 1 aliphatic rings.